The van der Waals surface area contributed by atoms with Gasteiger partial charge in [-0.2, -0.15) is 11.8 Å². The van der Waals surface area contributed by atoms with E-state index in [-0.39, 0.29) is 5.56 Å². The van der Waals surface area contributed by atoms with Gasteiger partial charge in [0.2, 0.25) is 0 Å². The maximum absolute atomic E-state index is 11.0. The highest BCUT2D eigenvalue weighted by Gasteiger charge is 2.11. The molecule has 0 spiro atoms. The van der Waals surface area contributed by atoms with E-state index < -0.39 is 5.97 Å². The van der Waals surface area contributed by atoms with Gasteiger partial charge in [-0.25, -0.2) is 4.79 Å². The van der Waals surface area contributed by atoms with E-state index in [1.807, 2.05) is 18.2 Å². The lowest BCUT2D eigenvalue weighted by Crippen LogP contribution is -2.01. The Morgan fingerprint density at radius 1 is 1.19 bits per heavy atom. The molecule has 3 nitrogen and oxygen atoms in total. The molecule has 0 fully saturated rings. The molecule has 110 valence electrons. The van der Waals surface area contributed by atoms with Crippen LogP contribution in [0, 0.1) is 6.92 Å². The number of thioether (sulfide) groups is 1. The van der Waals surface area contributed by atoms with Crippen molar-refractivity contribution in [2.45, 2.75) is 18.4 Å². The summed E-state index contributed by atoms with van der Waals surface area (Å²) < 4.78 is 5.14. The topological polar surface area (TPSA) is 46.5 Å². The van der Waals surface area contributed by atoms with Crippen LogP contribution in [0.2, 0.25) is 0 Å². The minimum Gasteiger partial charge on any atom is -0.496 e. The molecule has 0 aliphatic rings. The molecule has 0 saturated carbocycles. The number of ether oxygens (including phenoxy) is 1. The van der Waals surface area contributed by atoms with Gasteiger partial charge in [0.05, 0.1) is 7.11 Å². The van der Waals surface area contributed by atoms with Gasteiger partial charge >= 0.3 is 5.97 Å². The summed E-state index contributed by atoms with van der Waals surface area (Å²) in [6, 6.07) is 13.6. The smallest absolute Gasteiger partial charge is 0.339 e. The highest BCUT2D eigenvalue weighted by atomic mass is 32.2. The standard InChI is InChI=1S/C17H18O3S/c1-12-5-3-4-6-14(12)11-21-10-13-7-8-15(17(18)19)16(9-13)20-2/h3-9H,10-11H2,1-2H3,(H,18,19). The zero-order valence-electron chi connectivity index (χ0n) is 12.1. The van der Waals surface area contributed by atoms with E-state index in [0.29, 0.717) is 5.75 Å². The lowest BCUT2D eigenvalue weighted by molar-refractivity contribution is 0.0693. The molecule has 2 rings (SSSR count). The summed E-state index contributed by atoms with van der Waals surface area (Å²) in [5.41, 5.74) is 3.89. The summed E-state index contributed by atoms with van der Waals surface area (Å²) in [6.07, 6.45) is 0. The van der Waals surface area contributed by atoms with E-state index in [0.717, 1.165) is 17.1 Å². The van der Waals surface area contributed by atoms with E-state index in [9.17, 15) is 4.79 Å². The fourth-order valence-corrected chi connectivity index (χ4v) is 3.11. The second kappa shape index (κ2) is 7.18. The molecule has 0 heterocycles. The van der Waals surface area contributed by atoms with Crippen LogP contribution in [0.25, 0.3) is 0 Å². The van der Waals surface area contributed by atoms with Crippen molar-refractivity contribution in [1.29, 1.82) is 0 Å². The zero-order chi connectivity index (χ0) is 15.2. The average molecular weight is 302 g/mol. The molecule has 0 amide bonds. The van der Waals surface area contributed by atoms with Crippen LogP contribution in [0.3, 0.4) is 0 Å². The van der Waals surface area contributed by atoms with Crippen molar-refractivity contribution in [2.75, 3.05) is 7.11 Å². The highest BCUT2D eigenvalue weighted by molar-refractivity contribution is 7.97. The molecule has 2 aromatic carbocycles. The summed E-state index contributed by atoms with van der Waals surface area (Å²) >= 11 is 1.80. The summed E-state index contributed by atoms with van der Waals surface area (Å²) in [5, 5.41) is 9.06. The molecule has 1 N–H and O–H groups in total. The first-order valence-corrected chi connectivity index (χ1v) is 7.79. The minimum absolute atomic E-state index is 0.199. The van der Waals surface area contributed by atoms with Gasteiger partial charge in [0, 0.05) is 11.5 Å². The largest absolute Gasteiger partial charge is 0.496 e. The third-order valence-electron chi connectivity index (χ3n) is 3.28. The minimum atomic E-state index is -0.967. The maximum atomic E-state index is 11.0. The van der Waals surface area contributed by atoms with E-state index in [4.69, 9.17) is 9.84 Å². The Balaban J connectivity index is 2.01. The molecule has 2 aromatic rings. The third-order valence-corrected chi connectivity index (χ3v) is 4.34. The van der Waals surface area contributed by atoms with Gasteiger partial charge in [0.15, 0.2) is 0 Å². The van der Waals surface area contributed by atoms with Gasteiger partial charge < -0.3 is 9.84 Å². The van der Waals surface area contributed by atoms with Crippen LogP contribution in [-0.4, -0.2) is 18.2 Å². The number of benzene rings is 2. The fraction of sp³-hybridized carbons (Fsp3) is 0.235. The number of hydrogen-bond acceptors (Lipinski definition) is 3. The Morgan fingerprint density at radius 2 is 1.95 bits per heavy atom. The van der Waals surface area contributed by atoms with Crippen molar-refractivity contribution in [2.24, 2.45) is 0 Å². The van der Waals surface area contributed by atoms with E-state index in [2.05, 4.69) is 19.1 Å². The summed E-state index contributed by atoms with van der Waals surface area (Å²) in [7, 11) is 1.49. The quantitative estimate of drug-likeness (QED) is 0.871. The molecule has 0 saturated heterocycles. The molecule has 4 heteroatoms. The molecule has 0 bridgehead atoms. The van der Waals surface area contributed by atoms with Crippen LogP contribution >= 0.6 is 11.8 Å². The van der Waals surface area contributed by atoms with Gasteiger partial charge in [-0.3, -0.25) is 0 Å². The molecule has 0 unspecified atom stereocenters. The number of aryl methyl sites for hydroxylation is 1. The number of carboxylic acids is 1. The number of carbonyl (C=O) groups is 1. The van der Waals surface area contributed by atoms with Crippen LogP contribution in [0.15, 0.2) is 42.5 Å². The lowest BCUT2D eigenvalue weighted by atomic mass is 10.1. The second-order valence-electron chi connectivity index (χ2n) is 4.76. The van der Waals surface area contributed by atoms with Gasteiger partial charge in [-0.05, 0) is 35.7 Å². The molecule has 0 aromatic heterocycles. The van der Waals surface area contributed by atoms with Gasteiger partial charge in [-0.15, -0.1) is 0 Å². The first-order valence-electron chi connectivity index (χ1n) is 6.64. The van der Waals surface area contributed by atoms with Crippen molar-refractivity contribution in [3.05, 3.63) is 64.7 Å². The Morgan fingerprint density at radius 3 is 2.62 bits per heavy atom. The van der Waals surface area contributed by atoms with Crippen LogP contribution < -0.4 is 4.74 Å². The van der Waals surface area contributed by atoms with Crippen LogP contribution in [0.1, 0.15) is 27.0 Å². The van der Waals surface area contributed by atoms with Crippen LogP contribution in [-0.2, 0) is 11.5 Å². The van der Waals surface area contributed by atoms with E-state index in [1.165, 1.54) is 18.2 Å². The van der Waals surface area contributed by atoms with E-state index >= 15 is 0 Å². The Labute approximate surface area is 129 Å². The second-order valence-corrected chi connectivity index (χ2v) is 5.74. The number of methoxy groups -OCH3 is 1. The first kappa shape index (κ1) is 15.4. The third kappa shape index (κ3) is 4.02. The molecule has 0 aliphatic carbocycles. The molecular weight excluding hydrogens is 284 g/mol. The highest BCUT2D eigenvalue weighted by Crippen LogP contribution is 2.25. The summed E-state index contributed by atoms with van der Waals surface area (Å²) in [6.45, 7) is 2.11. The van der Waals surface area contributed by atoms with Crippen molar-refractivity contribution >= 4 is 17.7 Å². The van der Waals surface area contributed by atoms with Crippen molar-refractivity contribution in [1.82, 2.24) is 0 Å². The Kier molecular flexibility index (Phi) is 5.28. The Hall–Kier alpha value is -1.94. The monoisotopic (exact) mass is 302 g/mol. The number of carboxylic acid groups (broad SMARTS) is 1. The molecular formula is C17H18O3S. The lowest BCUT2D eigenvalue weighted by Gasteiger charge is -2.09. The SMILES string of the molecule is COc1cc(CSCc2ccccc2C)ccc1C(=O)O. The maximum Gasteiger partial charge on any atom is 0.339 e. The predicted octanol–water partition coefficient (Wildman–Crippen LogP) is 4.14. The van der Waals surface area contributed by atoms with Crippen LogP contribution in [0.4, 0.5) is 0 Å². The zero-order valence-corrected chi connectivity index (χ0v) is 12.9. The Bertz CT molecular complexity index is 638. The normalized spacial score (nSPS) is 10.4. The number of hydrogen-bond donors (Lipinski definition) is 1. The average Bonchev–Trinajstić information content (AvgIpc) is 2.48. The summed E-state index contributed by atoms with van der Waals surface area (Å²) in [5.74, 6) is 1.21. The fourth-order valence-electron chi connectivity index (χ4n) is 2.05. The molecule has 0 aliphatic heterocycles. The molecule has 0 radical (unpaired) electrons. The van der Waals surface area contributed by atoms with Crippen molar-refractivity contribution in [3.8, 4) is 5.75 Å². The summed E-state index contributed by atoms with van der Waals surface area (Å²) in [4.78, 5) is 11.0. The van der Waals surface area contributed by atoms with E-state index in [1.54, 1.807) is 23.9 Å². The van der Waals surface area contributed by atoms with Gasteiger partial charge in [-0.1, -0.05) is 30.3 Å². The molecule has 0 atom stereocenters. The van der Waals surface area contributed by atoms with Crippen LogP contribution in [0.5, 0.6) is 5.75 Å². The number of rotatable bonds is 6. The van der Waals surface area contributed by atoms with Gasteiger partial charge in [0.1, 0.15) is 11.3 Å². The molecule has 21 heavy (non-hydrogen) atoms. The van der Waals surface area contributed by atoms with Crippen molar-refractivity contribution < 1.29 is 14.6 Å². The van der Waals surface area contributed by atoms with Gasteiger partial charge in [0.25, 0.3) is 0 Å². The number of aromatic carboxylic acids is 1. The van der Waals surface area contributed by atoms with Crippen molar-refractivity contribution in [3.63, 3.8) is 0 Å². The first-order chi connectivity index (χ1) is 10.1. The predicted molar refractivity (Wildman–Crippen MR) is 86.1 cm³/mol.